The molecule has 23 heavy (non-hydrogen) atoms. The average Bonchev–Trinajstić information content (AvgIpc) is 3.09. The molecule has 0 saturated carbocycles. The fourth-order valence-electron chi connectivity index (χ4n) is 2.40. The molecule has 1 fully saturated rings. The molecule has 1 aliphatic rings. The Morgan fingerprint density at radius 1 is 1.35 bits per heavy atom. The number of hydrogen-bond acceptors (Lipinski definition) is 4. The number of nitrogens with one attached hydrogen (secondary N) is 1. The topological polar surface area (TPSA) is 75.4 Å². The highest BCUT2D eigenvalue weighted by Crippen LogP contribution is 2.26. The van der Waals surface area contributed by atoms with E-state index in [1.807, 2.05) is 0 Å². The van der Waals surface area contributed by atoms with Crippen LogP contribution in [0.1, 0.15) is 12.2 Å². The Balaban J connectivity index is 1.69. The molecule has 1 unspecified atom stereocenters. The Hall–Kier alpha value is -2.77. The summed E-state index contributed by atoms with van der Waals surface area (Å²) in [5, 5.41) is 6.24. The molecule has 6 nitrogen and oxygen atoms in total. The van der Waals surface area contributed by atoms with Gasteiger partial charge >= 0.3 is 0 Å². The summed E-state index contributed by atoms with van der Waals surface area (Å²) >= 11 is 0. The van der Waals surface area contributed by atoms with E-state index in [4.69, 9.17) is 4.52 Å². The van der Waals surface area contributed by atoms with Gasteiger partial charge < -0.3 is 9.84 Å². The minimum Gasteiger partial charge on any atom is -0.360 e. The molecule has 0 aliphatic carbocycles. The van der Waals surface area contributed by atoms with E-state index in [0.29, 0.717) is 11.6 Å². The second kappa shape index (κ2) is 5.79. The number of hydrogen-bond donors (Lipinski definition) is 1. The van der Waals surface area contributed by atoms with Gasteiger partial charge in [0.25, 0.3) is 0 Å². The van der Waals surface area contributed by atoms with Crippen molar-refractivity contribution in [2.24, 2.45) is 5.92 Å². The maximum absolute atomic E-state index is 13.1. The highest BCUT2D eigenvalue weighted by atomic mass is 19.2. The third-order valence-corrected chi connectivity index (χ3v) is 3.58. The number of nitrogens with zero attached hydrogens (tertiary/aromatic N) is 2. The van der Waals surface area contributed by atoms with Gasteiger partial charge in [-0.3, -0.25) is 14.5 Å². The number of rotatable bonds is 3. The molecular weight excluding hydrogens is 308 g/mol. The van der Waals surface area contributed by atoms with Gasteiger partial charge in [0, 0.05) is 30.8 Å². The predicted octanol–water partition coefficient (Wildman–Crippen LogP) is 2.25. The Labute approximate surface area is 130 Å². The highest BCUT2D eigenvalue weighted by Gasteiger charge is 2.36. The lowest BCUT2D eigenvalue weighted by Gasteiger charge is -2.13. The minimum atomic E-state index is -1.05. The summed E-state index contributed by atoms with van der Waals surface area (Å²) in [7, 11) is 0. The predicted molar refractivity (Wildman–Crippen MR) is 76.7 cm³/mol. The molecule has 2 aromatic rings. The summed E-state index contributed by atoms with van der Waals surface area (Å²) in [6.45, 7) is 1.85. The standard InChI is InChI=1S/C15H13F2N3O3/c1-8-4-13(19-23-8)20-7-9(5-14(20)21)15(22)18-10-2-3-11(16)12(17)6-10/h2-4,6,9H,5,7H2,1H3,(H,18,22). The quantitative estimate of drug-likeness (QED) is 0.941. The fraction of sp³-hybridized carbons (Fsp3) is 0.267. The van der Waals surface area contributed by atoms with E-state index in [0.717, 1.165) is 12.1 Å². The molecular formula is C15H13F2N3O3. The lowest BCUT2D eigenvalue weighted by molar-refractivity contribution is -0.122. The van der Waals surface area contributed by atoms with E-state index in [9.17, 15) is 18.4 Å². The maximum atomic E-state index is 13.1. The number of carbonyl (C=O) groups excluding carboxylic acids is 2. The molecule has 0 spiro atoms. The van der Waals surface area contributed by atoms with Crippen LogP contribution in [0.4, 0.5) is 20.3 Å². The van der Waals surface area contributed by atoms with Crippen LogP contribution in [0.3, 0.4) is 0 Å². The largest absolute Gasteiger partial charge is 0.360 e. The molecule has 1 saturated heterocycles. The van der Waals surface area contributed by atoms with Crippen LogP contribution in [-0.2, 0) is 9.59 Å². The molecule has 8 heteroatoms. The van der Waals surface area contributed by atoms with Crippen molar-refractivity contribution in [1.82, 2.24) is 5.16 Å². The molecule has 2 amide bonds. The second-order valence-electron chi connectivity index (χ2n) is 5.32. The lowest BCUT2D eigenvalue weighted by atomic mass is 10.1. The van der Waals surface area contributed by atoms with Gasteiger partial charge in [0.15, 0.2) is 17.5 Å². The fourth-order valence-corrected chi connectivity index (χ4v) is 2.40. The van der Waals surface area contributed by atoms with E-state index in [-0.39, 0.29) is 24.6 Å². The summed E-state index contributed by atoms with van der Waals surface area (Å²) in [4.78, 5) is 25.6. The molecule has 1 aliphatic heterocycles. The first-order valence-electron chi connectivity index (χ1n) is 6.93. The number of aryl methyl sites for hydroxylation is 1. The molecule has 1 atom stereocenters. The molecule has 1 aromatic carbocycles. The van der Waals surface area contributed by atoms with Crippen LogP contribution in [-0.4, -0.2) is 23.5 Å². The van der Waals surface area contributed by atoms with Crippen molar-refractivity contribution in [2.45, 2.75) is 13.3 Å². The summed E-state index contributed by atoms with van der Waals surface area (Å²) in [5.74, 6) is -2.42. The van der Waals surface area contributed by atoms with Crippen LogP contribution in [0.2, 0.25) is 0 Å². The zero-order valence-electron chi connectivity index (χ0n) is 12.2. The number of carbonyl (C=O) groups is 2. The van der Waals surface area contributed by atoms with Crippen LogP contribution in [0.25, 0.3) is 0 Å². The normalized spacial score (nSPS) is 17.6. The molecule has 3 rings (SSSR count). The van der Waals surface area contributed by atoms with Crippen LogP contribution in [0.5, 0.6) is 0 Å². The number of benzene rings is 1. The Bertz CT molecular complexity index is 775. The Morgan fingerprint density at radius 3 is 2.78 bits per heavy atom. The van der Waals surface area contributed by atoms with E-state index in [1.54, 1.807) is 13.0 Å². The van der Waals surface area contributed by atoms with Gasteiger partial charge in [-0.25, -0.2) is 8.78 Å². The van der Waals surface area contributed by atoms with Gasteiger partial charge in [-0.2, -0.15) is 0 Å². The summed E-state index contributed by atoms with van der Waals surface area (Å²) in [5.41, 5.74) is 0.136. The molecule has 120 valence electrons. The number of amides is 2. The molecule has 0 bridgehead atoms. The zero-order chi connectivity index (χ0) is 16.6. The summed E-state index contributed by atoms with van der Waals surface area (Å²) < 4.78 is 30.9. The molecule has 2 heterocycles. The van der Waals surface area contributed by atoms with Crippen molar-refractivity contribution < 1.29 is 22.9 Å². The second-order valence-corrected chi connectivity index (χ2v) is 5.32. The SMILES string of the molecule is Cc1cc(N2CC(C(=O)Nc3ccc(F)c(F)c3)CC2=O)no1. The van der Waals surface area contributed by atoms with Crippen LogP contribution < -0.4 is 10.2 Å². The number of anilines is 2. The number of halogens is 2. The Morgan fingerprint density at radius 2 is 2.13 bits per heavy atom. The lowest BCUT2D eigenvalue weighted by Crippen LogP contribution is -2.28. The maximum Gasteiger partial charge on any atom is 0.229 e. The average molecular weight is 321 g/mol. The van der Waals surface area contributed by atoms with Crippen molar-refractivity contribution in [1.29, 1.82) is 0 Å². The van der Waals surface area contributed by atoms with Gasteiger partial charge in [0.05, 0.1) is 5.92 Å². The number of aromatic nitrogens is 1. The van der Waals surface area contributed by atoms with E-state index in [2.05, 4.69) is 10.5 Å². The third kappa shape index (κ3) is 3.05. The highest BCUT2D eigenvalue weighted by molar-refractivity contribution is 6.03. The van der Waals surface area contributed by atoms with Crippen LogP contribution in [0.15, 0.2) is 28.8 Å². The third-order valence-electron chi connectivity index (χ3n) is 3.58. The van der Waals surface area contributed by atoms with Crippen molar-refractivity contribution in [3.8, 4) is 0 Å². The molecule has 1 N–H and O–H groups in total. The van der Waals surface area contributed by atoms with Gasteiger partial charge in [0.2, 0.25) is 11.8 Å². The van der Waals surface area contributed by atoms with Crippen molar-refractivity contribution >= 4 is 23.3 Å². The zero-order valence-corrected chi connectivity index (χ0v) is 12.2. The first kappa shape index (κ1) is 15.1. The van der Waals surface area contributed by atoms with Gasteiger partial charge in [-0.1, -0.05) is 5.16 Å². The van der Waals surface area contributed by atoms with Gasteiger partial charge in [-0.15, -0.1) is 0 Å². The van der Waals surface area contributed by atoms with Crippen molar-refractivity contribution in [3.63, 3.8) is 0 Å². The van der Waals surface area contributed by atoms with Crippen molar-refractivity contribution in [2.75, 3.05) is 16.8 Å². The minimum absolute atomic E-state index is 0.0153. The first-order valence-corrected chi connectivity index (χ1v) is 6.93. The summed E-state index contributed by atoms with van der Waals surface area (Å²) in [6, 6.07) is 4.68. The summed E-state index contributed by atoms with van der Waals surface area (Å²) in [6.07, 6.45) is 0.0153. The van der Waals surface area contributed by atoms with Crippen LogP contribution >= 0.6 is 0 Å². The van der Waals surface area contributed by atoms with Gasteiger partial charge in [0.1, 0.15) is 5.76 Å². The van der Waals surface area contributed by atoms with E-state index >= 15 is 0 Å². The molecule has 1 aromatic heterocycles. The van der Waals surface area contributed by atoms with Gasteiger partial charge in [-0.05, 0) is 19.1 Å². The van der Waals surface area contributed by atoms with Crippen molar-refractivity contribution in [3.05, 3.63) is 41.7 Å². The monoisotopic (exact) mass is 321 g/mol. The molecule has 0 radical (unpaired) electrons. The first-order chi connectivity index (χ1) is 10.9. The van der Waals surface area contributed by atoms with E-state index < -0.39 is 23.5 Å². The Kier molecular flexibility index (Phi) is 3.81. The van der Waals surface area contributed by atoms with E-state index in [1.165, 1.54) is 11.0 Å². The van der Waals surface area contributed by atoms with Crippen LogP contribution in [0, 0.1) is 24.5 Å². The smallest absolute Gasteiger partial charge is 0.229 e.